The molecule has 7 nitrogen and oxygen atoms in total. The number of likely N-dealkylation sites (tertiary alicyclic amines) is 1. The number of aromatic nitrogens is 3. The number of nitrogens with one attached hydrogen (secondary N) is 1. The number of hydrogen-bond acceptors (Lipinski definition) is 5. The van der Waals surface area contributed by atoms with Gasteiger partial charge in [-0.1, -0.05) is 0 Å². The van der Waals surface area contributed by atoms with E-state index in [0.717, 1.165) is 56.4 Å². The van der Waals surface area contributed by atoms with Gasteiger partial charge in [0.05, 0.1) is 12.2 Å². The van der Waals surface area contributed by atoms with Crippen molar-refractivity contribution in [3.63, 3.8) is 0 Å². The average Bonchev–Trinajstić information content (AvgIpc) is 3.17. The van der Waals surface area contributed by atoms with Crippen molar-refractivity contribution in [2.45, 2.75) is 39.8 Å². The summed E-state index contributed by atoms with van der Waals surface area (Å²) in [5.74, 6) is 2.26. The third kappa shape index (κ3) is 4.44. The van der Waals surface area contributed by atoms with Gasteiger partial charge < -0.3 is 9.73 Å². The second kappa shape index (κ2) is 7.61. The van der Waals surface area contributed by atoms with Crippen LogP contribution in [0.2, 0.25) is 0 Å². The zero-order valence-corrected chi connectivity index (χ0v) is 14.4. The van der Waals surface area contributed by atoms with Gasteiger partial charge in [0.2, 0.25) is 11.8 Å². The molecule has 0 bridgehead atoms. The molecule has 3 rings (SSSR count). The van der Waals surface area contributed by atoms with Crippen LogP contribution in [0.25, 0.3) is 0 Å². The first kappa shape index (κ1) is 16.7. The molecule has 1 N–H and O–H groups in total. The number of piperidine rings is 1. The molecule has 0 saturated carbocycles. The Labute approximate surface area is 142 Å². The molecule has 1 aliphatic heterocycles. The quantitative estimate of drug-likeness (QED) is 0.868. The maximum atomic E-state index is 11.9. The van der Waals surface area contributed by atoms with E-state index in [2.05, 4.69) is 20.3 Å². The zero-order valence-electron chi connectivity index (χ0n) is 14.4. The summed E-state index contributed by atoms with van der Waals surface area (Å²) in [6, 6.07) is 1.82. The minimum Gasteiger partial charge on any atom is -0.444 e. The summed E-state index contributed by atoms with van der Waals surface area (Å²) in [6.45, 7) is 7.75. The van der Waals surface area contributed by atoms with E-state index >= 15 is 0 Å². The number of rotatable bonds is 6. The van der Waals surface area contributed by atoms with Crippen molar-refractivity contribution in [1.82, 2.24) is 25.0 Å². The number of carbonyl (C=O) groups is 1. The van der Waals surface area contributed by atoms with Gasteiger partial charge in [0.15, 0.2) is 0 Å². The summed E-state index contributed by atoms with van der Waals surface area (Å²) in [7, 11) is 0. The van der Waals surface area contributed by atoms with Crippen molar-refractivity contribution in [2.24, 2.45) is 5.92 Å². The van der Waals surface area contributed by atoms with Gasteiger partial charge in [0.1, 0.15) is 12.3 Å². The topological polar surface area (TPSA) is 76.2 Å². The molecule has 1 fully saturated rings. The maximum Gasteiger partial charge on any atom is 0.241 e. The minimum atomic E-state index is 0.0202. The van der Waals surface area contributed by atoms with Crippen molar-refractivity contribution in [3.05, 3.63) is 35.8 Å². The van der Waals surface area contributed by atoms with Crippen LogP contribution in [0.1, 0.15) is 30.2 Å². The molecule has 0 atom stereocenters. The molecule has 0 aliphatic carbocycles. The highest BCUT2D eigenvalue weighted by Gasteiger charge is 2.21. The smallest absolute Gasteiger partial charge is 0.241 e. The minimum absolute atomic E-state index is 0.0202. The number of oxazole rings is 1. The van der Waals surface area contributed by atoms with Crippen LogP contribution in [-0.4, -0.2) is 45.2 Å². The molecular formula is C17H25N5O2. The van der Waals surface area contributed by atoms with E-state index in [0.29, 0.717) is 5.92 Å². The Morgan fingerprint density at radius 1 is 1.38 bits per heavy atom. The van der Waals surface area contributed by atoms with Gasteiger partial charge in [-0.05, 0) is 51.8 Å². The summed E-state index contributed by atoms with van der Waals surface area (Å²) >= 11 is 0. The standard InChI is InChI=1S/C17H25N5O2/c1-13-14(2)24-17(20-13)12-21-8-4-15(5-9-21)10-18-16(23)11-22-7-3-6-19-22/h3,6-7,15H,4-5,8-12H2,1-2H3,(H,18,23). The third-order valence-electron chi connectivity index (χ3n) is 4.59. The highest BCUT2D eigenvalue weighted by atomic mass is 16.4. The van der Waals surface area contributed by atoms with Gasteiger partial charge in [-0.25, -0.2) is 4.98 Å². The number of nitrogens with zero attached hydrogens (tertiary/aromatic N) is 4. The summed E-state index contributed by atoms with van der Waals surface area (Å²) in [4.78, 5) is 18.7. The molecule has 1 aliphatic rings. The van der Waals surface area contributed by atoms with Crippen LogP contribution >= 0.6 is 0 Å². The van der Waals surface area contributed by atoms with Gasteiger partial charge >= 0.3 is 0 Å². The highest BCUT2D eigenvalue weighted by molar-refractivity contribution is 5.75. The Balaban J connectivity index is 1.36. The average molecular weight is 331 g/mol. The molecule has 2 aromatic heterocycles. The van der Waals surface area contributed by atoms with Crippen molar-refractivity contribution in [3.8, 4) is 0 Å². The highest BCUT2D eigenvalue weighted by Crippen LogP contribution is 2.19. The zero-order chi connectivity index (χ0) is 16.9. The molecule has 1 amide bonds. The van der Waals surface area contributed by atoms with Crippen LogP contribution in [0.4, 0.5) is 0 Å². The van der Waals surface area contributed by atoms with Gasteiger partial charge in [0, 0.05) is 18.9 Å². The molecular weight excluding hydrogens is 306 g/mol. The fourth-order valence-electron chi connectivity index (χ4n) is 3.00. The van der Waals surface area contributed by atoms with E-state index in [-0.39, 0.29) is 12.5 Å². The van der Waals surface area contributed by atoms with E-state index < -0.39 is 0 Å². The van der Waals surface area contributed by atoms with Crippen LogP contribution in [0.3, 0.4) is 0 Å². The second-order valence-corrected chi connectivity index (χ2v) is 6.48. The molecule has 0 unspecified atom stereocenters. The molecule has 0 aromatic carbocycles. The lowest BCUT2D eigenvalue weighted by Crippen LogP contribution is -2.39. The summed E-state index contributed by atoms with van der Waals surface area (Å²) < 4.78 is 7.29. The van der Waals surface area contributed by atoms with E-state index in [1.807, 2.05) is 19.9 Å². The van der Waals surface area contributed by atoms with Gasteiger partial charge in [-0.3, -0.25) is 14.4 Å². The van der Waals surface area contributed by atoms with Crippen LogP contribution in [-0.2, 0) is 17.9 Å². The monoisotopic (exact) mass is 331 g/mol. The Hall–Kier alpha value is -2.15. The SMILES string of the molecule is Cc1nc(CN2CCC(CNC(=O)Cn3cccn3)CC2)oc1C. The molecule has 7 heteroatoms. The second-order valence-electron chi connectivity index (χ2n) is 6.48. The molecule has 0 radical (unpaired) electrons. The van der Waals surface area contributed by atoms with E-state index in [4.69, 9.17) is 4.42 Å². The molecule has 1 saturated heterocycles. The van der Waals surface area contributed by atoms with E-state index in [1.54, 1.807) is 17.1 Å². The summed E-state index contributed by atoms with van der Waals surface area (Å²) in [5, 5.41) is 7.06. The molecule has 24 heavy (non-hydrogen) atoms. The first-order valence-corrected chi connectivity index (χ1v) is 8.49. The molecule has 2 aromatic rings. The van der Waals surface area contributed by atoms with Crippen LogP contribution < -0.4 is 5.32 Å². The predicted molar refractivity (Wildman–Crippen MR) is 89.2 cm³/mol. The number of amides is 1. The summed E-state index contributed by atoms with van der Waals surface area (Å²) in [5.41, 5.74) is 0.972. The predicted octanol–water partition coefficient (Wildman–Crippen LogP) is 1.52. The van der Waals surface area contributed by atoms with Crippen molar-refractivity contribution < 1.29 is 9.21 Å². The van der Waals surface area contributed by atoms with Gasteiger partial charge in [-0.2, -0.15) is 5.10 Å². The fourth-order valence-corrected chi connectivity index (χ4v) is 3.00. The first-order valence-electron chi connectivity index (χ1n) is 8.49. The molecule has 130 valence electrons. The Morgan fingerprint density at radius 3 is 2.79 bits per heavy atom. The van der Waals surface area contributed by atoms with Crippen molar-refractivity contribution in [1.29, 1.82) is 0 Å². The van der Waals surface area contributed by atoms with Gasteiger partial charge in [-0.15, -0.1) is 0 Å². The van der Waals surface area contributed by atoms with E-state index in [9.17, 15) is 4.79 Å². The van der Waals surface area contributed by atoms with Gasteiger partial charge in [0.25, 0.3) is 0 Å². The number of hydrogen-bond donors (Lipinski definition) is 1. The van der Waals surface area contributed by atoms with Crippen LogP contribution in [0.15, 0.2) is 22.9 Å². The Morgan fingerprint density at radius 2 is 2.17 bits per heavy atom. The number of carbonyl (C=O) groups excluding carboxylic acids is 1. The van der Waals surface area contributed by atoms with Crippen molar-refractivity contribution >= 4 is 5.91 Å². The maximum absolute atomic E-state index is 11.9. The first-order chi connectivity index (χ1) is 11.6. The largest absolute Gasteiger partial charge is 0.444 e. The fraction of sp³-hybridized carbons (Fsp3) is 0.588. The molecule has 0 spiro atoms. The van der Waals surface area contributed by atoms with E-state index in [1.165, 1.54) is 0 Å². The molecule has 3 heterocycles. The third-order valence-corrected chi connectivity index (χ3v) is 4.59. The lowest BCUT2D eigenvalue weighted by Gasteiger charge is -2.31. The van der Waals surface area contributed by atoms with Crippen LogP contribution in [0.5, 0.6) is 0 Å². The lowest BCUT2D eigenvalue weighted by atomic mass is 9.97. The Bertz CT molecular complexity index is 637. The Kier molecular flexibility index (Phi) is 5.30. The van der Waals surface area contributed by atoms with Crippen molar-refractivity contribution in [2.75, 3.05) is 19.6 Å². The number of aryl methyl sites for hydroxylation is 2. The summed E-state index contributed by atoms with van der Waals surface area (Å²) in [6.07, 6.45) is 5.64. The lowest BCUT2D eigenvalue weighted by molar-refractivity contribution is -0.122. The van der Waals surface area contributed by atoms with Crippen LogP contribution in [0, 0.1) is 19.8 Å². The normalized spacial score (nSPS) is 16.4.